The van der Waals surface area contributed by atoms with Crippen molar-refractivity contribution in [2.45, 2.75) is 32.2 Å². The summed E-state index contributed by atoms with van der Waals surface area (Å²) in [6, 6.07) is 6.99. The predicted octanol–water partition coefficient (Wildman–Crippen LogP) is 1.87. The summed E-state index contributed by atoms with van der Waals surface area (Å²) in [5, 5.41) is 11.8. The molecule has 122 valence electrons. The molecule has 1 aromatic rings. The molecule has 6 heteroatoms. The van der Waals surface area contributed by atoms with Crippen LogP contribution < -0.4 is 5.32 Å². The van der Waals surface area contributed by atoms with Gasteiger partial charge in [0.05, 0.1) is 0 Å². The van der Waals surface area contributed by atoms with E-state index < -0.39 is 17.4 Å². The van der Waals surface area contributed by atoms with Gasteiger partial charge in [-0.3, -0.25) is 14.5 Å². The molecule has 6 nitrogen and oxygen atoms in total. The van der Waals surface area contributed by atoms with Crippen molar-refractivity contribution >= 4 is 23.5 Å². The zero-order valence-corrected chi connectivity index (χ0v) is 13.3. The molecule has 0 radical (unpaired) electrons. The first-order valence-electron chi connectivity index (χ1n) is 7.44. The van der Waals surface area contributed by atoms with Crippen LogP contribution in [0.3, 0.4) is 0 Å². The number of fused-ring (bicyclic) bond motifs is 1. The van der Waals surface area contributed by atoms with Crippen molar-refractivity contribution in [2.75, 3.05) is 6.54 Å². The van der Waals surface area contributed by atoms with E-state index >= 15 is 0 Å². The zero-order chi connectivity index (χ0) is 17.2. The van der Waals surface area contributed by atoms with E-state index in [0.29, 0.717) is 29.7 Å². The molecule has 0 aliphatic carbocycles. The van der Waals surface area contributed by atoms with E-state index in [1.165, 1.54) is 11.8 Å². The molecule has 23 heavy (non-hydrogen) atoms. The van der Waals surface area contributed by atoms with Gasteiger partial charge >= 0.3 is 5.97 Å². The molecule has 1 unspecified atom stereocenters. The number of amides is 2. The number of rotatable bonds is 6. The van der Waals surface area contributed by atoms with Crippen LogP contribution in [0.25, 0.3) is 5.70 Å². The summed E-state index contributed by atoms with van der Waals surface area (Å²) >= 11 is 0. The number of carbonyl (C=O) groups excluding carboxylic acids is 2. The highest BCUT2D eigenvalue weighted by Crippen LogP contribution is 2.30. The van der Waals surface area contributed by atoms with Crippen LogP contribution in [0.1, 0.15) is 42.6 Å². The van der Waals surface area contributed by atoms with Gasteiger partial charge in [-0.25, -0.2) is 4.79 Å². The standard InChI is InChI=1S/C17H20N2O4/c1-4-9-17(3,16(22)23)18-14(20)10-19-11(2)12-7-5-6-8-13(12)15(19)21/h5-8H,2,4,9-10H2,1,3H3,(H,18,20)(H,22,23). The Hall–Kier alpha value is -2.63. The number of nitrogens with zero attached hydrogens (tertiary/aromatic N) is 1. The van der Waals surface area contributed by atoms with Gasteiger partial charge in [0.25, 0.3) is 5.91 Å². The lowest BCUT2D eigenvalue weighted by Crippen LogP contribution is -2.54. The molecule has 0 bridgehead atoms. The van der Waals surface area contributed by atoms with Gasteiger partial charge in [-0.2, -0.15) is 0 Å². The first kappa shape index (κ1) is 16.7. The highest BCUT2D eigenvalue weighted by atomic mass is 16.4. The first-order valence-corrected chi connectivity index (χ1v) is 7.44. The third-order valence-electron chi connectivity index (χ3n) is 3.98. The largest absolute Gasteiger partial charge is 0.480 e. The van der Waals surface area contributed by atoms with Gasteiger partial charge in [0.2, 0.25) is 5.91 Å². The molecule has 0 spiro atoms. The van der Waals surface area contributed by atoms with Crippen LogP contribution in [0.5, 0.6) is 0 Å². The summed E-state index contributed by atoms with van der Waals surface area (Å²) in [7, 11) is 0. The van der Waals surface area contributed by atoms with Crippen LogP contribution in [-0.4, -0.2) is 39.9 Å². The Kier molecular flexibility index (Phi) is 4.54. The van der Waals surface area contributed by atoms with E-state index in [4.69, 9.17) is 0 Å². The molecule has 1 aromatic carbocycles. The quantitative estimate of drug-likeness (QED) is 0.839. The van der Waals surface area contributed by atoms with Gasteiger partial charge in [0.15, 0.2) is 0 Å². The lowest BCUT2D eigenvalue weighted by Gasteiger charge is -2.27. The van der Waals surface area contributed by atoms with Crippen LogP contribution in [0.2, 0.25) is 0 Å². The average Bonchev–Trinajstić information content (AvgIpc) is 2.73. The zero-order valence-electron chi connectivity index (χ0n) is 13.3. The molecule has 0 saturated heterocycles. The van der Waals surface area contributed by atoms with Gasteiger partial charge in [0.1, 0.15) is 12.1 Å². The summed E-state index contributed by atoms with van der Waals surface area (Å²) in [6.07, 6.45) is 0.924. The van der Waals surface area contributed by atoms with Gasteiger partial charge in [-0.05, 0) is 19.4 Å². The fraction of sp³-hybridized carbons (Fsp3) is 0.353. The highest BCUT2D eigenvalue weighted by molar-refractivity contribution is 6.10. The second kappa shape index (κ2) is 6.24. The maximum absolute atomic E-state index is 12.3. The Balaban J connectivity index is 2.11. The summed E-state index contributed by atoms with van der Waals surface area (Å²) in [4.78, 5) is 37.2. The van der Waals surface area contributed by atoms with E-state index in [-0.39, 0.29) is 12.5 Å². The van der Waals surface area contributed by atoms with Gasteiger partial charge in [-0.15, -0.1) is 0 Å². The van der Waals surface area contributed by atoms with Crippen LogP contribution in [0.15, 0.2) is 30.8 Å². The second-order valence-electron chi connectivity index (χ2n) is 5.82. The van der Waals surface area contributed by atoms with Crippen molar-refractivity contribution < 1.29 is 19.5 Å². The minimum absolute atomic E-state index is 0.251. The molecule has 0 saturated carbocycles. The fourth-order valence-electron chi connectivity index (χ4n) is 2.72. The molecule has 0 aromatic heterocycles. The van der Waals surface area contributed by atoms with E-state index in [1.54, 1.807) is 24.3 Å². The van der Waals surface area contributed by atoms with E-state index in [9.17, 15) is 19.5 Å². The van der Waals surface area contributed by atoms with E-state index in [1.807, 2.05) is 6.92 Å². The normalized spacial score (nSPS) is 16.0. The Bertz CT molecular complexity index is 648. The smallest absolute Gasteiger partial charge is 0.329 e. The predicted molar refractivity (Wildman–Crippen MR) is 85.6 cm³/mol. The van der Waals surface area contributed by atoms with Crippen molar-refractivity contribution in [3.63, 3.8) is 0 Å². The minimum atomic E-state index is -1.34. The Morgan fingerprint density at radius 2 is 1.91 bits per heavy atom. The van der Waals surface area contributed by atoms with Crippen molar-refractivity contribution in [1.29, 1.82) is 0 Å². The van der Waals surface area contributed by atoms with Crippen LogP contribution in [0.4, 0.5) is 0 Å². The van der Waals surface area contributed by atoms with Gasteiger partial charge in [0, 0.05) is 16.8 Å². The van der Waals surface area contributed by atoms with Crippen LogP contribution in [0, 0.1) is 0 Å². The topological polar surface area (TPSA) is 86.7 Å². The number of carbonyl (C=O) groups is 3. The van der Waals surface area contributed by atoms with Crippen LogP contribution >= 0.6 is 0 Å². The third-order valence-corrected chi connectivity index (χ3v) is 3.98. The monoisotopic (exact) mass is 316 g/mol. The second-order valence-corrected chi connectivity index (χ2v) is 5.82. The number of nitrogens with one attached hydrogen (secondary N) is 1. The SMILES string of the molecule is C=C1c2ccccc2C(=O)N1CC(=O)NC(C)(CCC)C(=O)O. The molecule has 2 N–H and O–H groups in total. The molecular formula is C17H20N2O4. The number of aliphatic carboxylic acids is 1. The molecule has 1 aliphatic rings. The lowest BCUT2D eigenvalue weighted by atomic mass is 9.96. The van der Waals surface area contributed by atoms with Crippen molar-refractivity contribution in [3.8, 4) is 0 Å². The number of carboxylic acids is 1. The molecule has 1 heterocycles. The summed E-state index contributed by atoms with van der Waals surface area (Å²) < 4.78 is 0. The van der Waals surface area contributed by atoms with Crippen molar-refractivity contribution in [2.24, 2.45) is 0 Å². The lowest BCUT2D eigenvalue weighted by molar-refractivity contribution is -0.147. The number of benzene rings is 1. The molecule has 1 atom stereocenters. The summed E-state index contributed by atoms with van der Waals surface area (Å²) in [6.45, 7) is 6.91. The van der Waals surface area contributed by atoms with E-state index in [0.717, 1.165) is 0 Å². The number of carboxylic acid groups (broad SMARTS) is 1. The molecule has 0 fully saturated rings. The number of hydrogen-bond acceptors (Lipinski definition) is 3. The maximum Gasteiger partial charge on any atom is 0.329 e. The number of hydrogen-bond donors (Lipinski definition) is 2. The minimum Gasteiger partial charge on any atom is -0.480 e. The first-order chi connectivity index (χ1) is 10.8. The van der Waals surface area contributed by atoms with Crippen molar-refractivity contribution in [3.05, 3.63) is 42.0 Å². The van der Waals surface area contributed by atoms with Crippen LogP contribution in [-0.2, 0) is 9.59 Å². The summed E-state index contributed by atoms with van der Waals surface area (Å²) in [5.41, 5.74) is 0.302. The fourth-order valence-corrected chi connectivity index (χ4v) is 2.72. The molecule has 2 rings (SSSR count). The van der Waals surface area contributed by atoms with Crippen molar-refractivity contribution in [1.82, 2.24) is 10.2 Å². The average molecular weight is 316 g/mol. The Morgan fingerprint density at radius 3 is 2.43 bits per heavy atom. The Morgan fingerprint density at radius 1 is 1.30 bits per heavy atom. The third kappa shape index (κ3) is 3.11. The van der Waals surface area contributed by atoms with E-state index in [2.05, 4.69) is 11.9 Å². The summed E-state index contributed by atoms with van der Waals surface area (Å²) in [5.74, 6) is -1.92. The molecule has 1 aliphatic heterocycles. The Labute approximate surface area is 134 Å². The van der Waals surface area contributed by atoms with Gasteiger partial charge in [-0.1, -0.05) is 38.1 Å². The van der Waals surface area contributed by atoms with Gasteiger partial charge < -0.3 is 10.4 Å². The molecular weight excluding hydrogens is 296 g/mol. The highest BCUT2D eigenvalue weighted by Gasteiger charge is 2.36. The molecule has 2 amide bonds. The maximum atomic E-state index is 12.3.